The third-order valence-electron chi connectivity index (χ3n) is 4.54. The van der Waals surface area contributed by atoms with Gasteiger partial charge in [0, 0.05) is 11.8 Å². The second kappa shape index (κ2) is 4.67. The maximum absolute atomic E-state index is 12.2. The molecule has 86 valence electrons. The third-order valence-corrected chi connectivity index (χ3v) is 4.54. The van der Waals surface area contributed by atoms with Gasteiger partial charge in [0.15, 0.2) is 0 Å². The molecule has 2 fully saturated rings. The monoisotopic (exact) mass is 208 g/mol. The summed E-state index contributed by atoms with van der Waals surface area (Å²) in [4.78, 5) is 12.2. The number of ketones is 1. The van der Waals surface area contributed by atoms with Crippen LogP contribution in [0, 0.1) is 23.7 Å². The average Bonchev–Trinajstić information content (AvgIpc) is 3.11. The zero-order chi connectivity index (χ0) is 10.8. The van der Waals surface area contributed by atoms with E-state index in [0.29, 0.717) is 17.6 Å². The SMILES string of the molecule is CCC1CCCC(C(=O)C(C)C2CC2)C1. The van der Waals surface area contributed by atoms with E-state index in [1.165, 1.54) is 44.9 Å². The Morgan fingerprint density at radius 1 is 1.27 bits per heavy atom. The fourth-order valence-corrected chi connectivity index (χ4v) is 3.12. The van der Waals surface area contributed by atoms with Gasteiger partial charge in [0.25, 0.3) is 0 Å². The predicted octanol–water partition coefficient (Wildman–Crippen LogP) is 3.82. The van der Waals surface area contributed by atoms with Crippen molar-refractivity contribution in [2.24, 2.45) is 23.7 Å². The first kappa shape index (κ1) is 11.2. The second-order valence-electron chi connectivity index (χ2n) is 5.67. The number of Topliss-reactive ketones (excluding diaryl/α,β-unsaturated/α-hetero) is 1. The minimum Gasteiger partial charge on any atom is -0.299 e. The van der Waals surface area contributed by atoms with Gasteiger partial charge in [0.1, 0.15) is 5.78 Å². The van der Waals surface area contributed by atoms with E-state index < -0.39 is 0 Å². The van der Waals surface area contributed by atoms with Crippen molar-refractivity contribution < 1.29 is 4.79 Å². The van der Waals surface area contributed by atoms with Crippen molar-refractivity contribution in [3.05, 3.63) is 0 Å². The van der Waals surface area contributed by atoms with E-state index in [1.807, 2.05) is 0 Å². The zero-order valence-corrected chi connectivity index (χ0v) is 10.2. The van der Waals surface area contributed by atoms with E-state index in [-0.39, 0.29) is 0 Å². The number of rotatable bonds is 4. The Morgan fingerprint density at radius 3 is 2.60 bits per heavy atom. The highest BCUT2D eigenvalue weighted by Crippen LogP contribution is 2.41. The molecule has 1 heteroatoms. The lowest BCUT2D eigenvalue weighted by atomic mass is 9.75. The molecule has 0 saturated heterocycles. The molecule has 0 aromatic heterocycles. The molecule has 2 aliphatic rings. The zero-order valence-electron chi connectivity index (χ0n) is 10.2. The lowest BCUT2D eigenvalue weighted by molar-refractivity contribution is -0.128. The van der Waals surface area contributed by atoms with E-state index in [9.17, 15) is 4.79 Å². The molecule has 15 heavy (non-hydrogen) atoms. The first-order valence-corrected chi connectivity index (χ1v) is 6.76. The normalized spacial score (nSPS) is 33.7. The average molecular weight is 208 g/mol. The molecule has 2 saturated carbocycles. The molecular formula is C14H24O. The van der Waals surface area contributed by atoms with Gasteiger partial charge in [-0.1, -0.05) is 33.1 Å². The van der Waals surface area contributed by atoms with Crippen molar-refractivity contribution in [3.8, 4) is 0 Å². The van der Waals surface area contributed by atoms with Gasteiger partial charge >= 0.3 is 0 Å². The van der Waals surface area contributed by atoms with Crippen molar-refractivity contribution in [3.63, 3.8) is 0 Å². The molecule has 3 atom stereocenters. The number of hydrogen-bond donors (Lipinski definition) is 0. The van der Waals surface area contributed by atoms with Crippen LogP contribution >= 0.6 is 0 Å². The number of hydrogen-bond acceptors (Lipinski definition) is 1. The number of carbonyl (C=O) groups is 1. The molecule has 0 aromatic carbocycles. The molecule has 0 aromatic rings. The molecule has 0 N–H and O–H groups in total. The van der Waals surface area contributed by atoms with Crippen LogP contribution in [0.15, 0.2) is 0 Å². The maximum Gasteiger partial charge on any atom is 0.139 e. The summed E-state index contributed by atoms with van der Waals surface area (Å²) in [6.45, 7) is 4.43. The molecule has 0 bridgehead atoms. The van der Waals surface area contributed by atoms with Crippen molar-refractivity contribution in [2.45, 2.75) is 58.8 Å². The maximum atomic E-state index is 12.2. The number of carbonyl (C=O) groups excluding carboxylic acids is 1. The van der Waals surface area contributed by atoms with Crippen LogP contribution < -0.4 is 0 Å². The summed E-state index contributed by atoms with van der Waals surface area (Å²) in [5, 5.41) is 0. The molecule has 3 unspecified atom stereocenters. The summed E-state index contributed by atoms with van der Waals surface area (Å²) in [6, 6.07) is 0. The minimum atomic E-state index is 0.366. The van der Waals surface area contributed by atoms with E-state index in [1.54, 1.807) is 0 Å². The van der Waals surface area contributed by atoms with Crippen LogP contribution in [0.2, 0.25) is 0 Å². The molecular weight excluding hydrogens is 184 g/mol. The minimum absolute atomic E-state index is 0.366. The third kappa shape index (κ3) is 2.62. The summed E-state index contributed by atoms with van der Waals surface area (Å²) in [7, 11) is 0. The highest BCUT2D eigenvalue weighted by Gasteiger charge is 2.37. The summed E-state index contributed by atoms with van der Waals surface area (Å²) in [6.07, 6.45) is 8.87. The molecule has 2 aliphatic carbocycles. The van der Waals surface area contributed by atoms with Crippen LogP contribution in [0.3, 0.4) is 0 Å². The first-order valence-electron chi connectivity index (χ1n) is 6.76. The van der Waals surface area contributed by atoms with Crippen molar-refractivity contribution in [1.82, 2.24) is 0 Å². The van der Waals surface area contributed by atoms with Gasteiger partial charge in [-0.25, -0.2) is 0 Å². The van der Waals surface area contributed by atoms with E-state index in [2.05, 4.69) is 13.8 Å². The van der Waals surface area contributed by atoms with E-state index in [4.69, 9.17) is 0 Å². The highest BCUT2D eigenvalue weighted by atomic mass is 16.1. The van der Waals surface area contributed by atoms with Gasteiger partial charge in [0.2, 0.25) is 0 Å². The van der Waals surface area contributed by atoms with Crippen LogP contribution in [0.25, 0.3) is 0 Å². The highest BCUT2D eigenvalue weighted by molar-refractivity contribution is 5.83. The summed E-state index contributed by atoms with van der Waals surface area (Å²) >= 11 is 0. The first-order chi connectivity index (χ1) is 7.22. The van der Waals surface area contributed by atoms with Crippen molar-refractivity contribution >= 4 is 5.78 Å². The van der Waals surface area contributed by atoms with Crippen molar-refractivity contribution in [1.29, 1.82) is 0 Å². The Hall–Kier alpha value is -0.330. The standard InChI is InChI=1S/C14H24O/c1-3-11-5-4-6-13(9-11)14(15)10(2)12-7-8-12/h10-13H,3-9H2,1-2H3. The van der Waals surface area contributed by atoms with E-state index >= 15 is 0 Å². The van der Waals surface area contributed by atoms with E-state index in [0.717, 1.165) is 11.8 Å². The van der Waals surface area contributed by atoms with Gasteiger partial charge in [-0.2, -0.15) is 0 Å². The lowest BCUT2D eigenvalue weighted by Gasteiger charge is -2.29. The van der Waals surface area contributed by atoms with Crippen LogP contribution in [-0.2, 0) is 4.79 Å². The summed E-state index contributed by atoms with van der Waals surface area (Å²) in [5.74, 6) is 2.96. The fraction of sp³-hybridized carbons (Fsp3) is 0.929. The van der Waals surface area contributed by atoms with Gasteiger partial charge in [-0.15, -0.1) is 0 Å². The lowest BCUT2D eigenvalue weighted by Crippen LogP contribution is -2.28. The largest absolute Gasteiger partial charge is 0.299 e. The predicted molar refractivity (Wildman–Crippen MR) is 62.6 cm³/mol. The Morgan fingerprint density at radius 2 is 2.00 bits per heavy atom. The van der Waals surface area contributed by atoms with Gasteiger partial charge in [0.05, 0.1) is 0 Å². The Kier molecular flexibility index (Phi) is 3.48. The summed E-state index contributed by atoms with van der Waals surface area (Å²) in [5.41, 5.74) is 0. The molecule has 2 rings (SSSR count). The van der Waals surface area contributed by atoms with Crippen LogP contribution in [-0.4, -0.2) is 5.78 Å². The molecule has 1 nitrogen and oxygen atoms in total. The Balaban J connectivity index is 1.88. The molecule has 0 amide bonds. The summed E-state index contributed by atoms with van der Waals surface area (Å²) < 4.78 is 0. The Bertz CT molecular complexity index is 229. The van der Waals surface area contributed by atoms with Crippen LogP contribution in [0.5, 0.6) is 0 Å². The smallest absolute Gasteiger partial charge is 0.139 e. The second-order valence-corrected chi connectivity index (χ2v) is 5.67. The fourth-order valence-electron chi connectivity index (χ4n) is 3.12. The molecule has 0 aliphatic heterocycles. The molecule has 0 spiro atoms. The van der Waals surface area contributed by atoms with Gasteiger partial charge in [-0.3, -0.25) is 4.79 Å². The van der Waals surface area contributed by atoms with Gasteiger partial charge in [-0.05, 0) is 37.5 Å². The van der Waals surface area contributed by atoms with Crippen LogP contribution in [0.4, 0.5) is 0 Å². The quantitative estimate of drug-likeness (QED) is 0.686. The van der Waals surface area contributed by atoms with Gasteiger partial charge < -0.3 is 0 Å². The topological polar surface area (TPSA) is 17.1 Å². The van der Waals surface area contributed by atoms with Crippen LogP contribution in [0.1, 0.15) is 58.8 Å². The molecule has 0 radical (unpaired) electrons. The Labute approximate surface area is 93.6 Å². The van der Waals surface area contributed by atoms with Crippen molar-refractivity contribution in [2.75, 3.05) is 0 Å². The molecule has 0 heterocycles.